The van der Waals surface area contributed by atoms with E-state index >= 15 is 0 Å². The molecule has 1 amide bonds. The van der Waals surface area contributed by atoms with Gasteiger partial charge in [-0.15, -0.1) is 11.3 Å². The summed E-state index contributed by atoms with van der Waals surface area (Å²) in [4.78, 5) is 16.0. The second-order valence-corrected chi connectivity index (χ2v) is 10.3. The monoisotopic (exact) mass is 353 g/mol. The second kappa shape index (κ2) is 4.05. The van der Waals surface area contributed by atoms with Crippen LogP contribution in [0.3, 0.4) is 0 Å². The van der Waals surface area contributed by atoms with Crippen molar-refractivity contribution in [1.82, 2.24) is 9.29 Å². The number of hydrogen-bond acceptors (Lipinski definition) is 5. The van der Waals surface area contributed by atoms with Gasteiger partial charge in [-0.1, -0.05) is 27.7 Å². The number of aliphatic hydroxyl groups excluding tert-OH is 1. The van der Waals surface area contributed by atoms with Gasteiger partial charge in [0.2, 0.25) is 0 Å². The summed E-state index contributed by atoms with van der Waals surface area (Å²) in [5, 5.41) is 13.5. The number of aromatic nitrogens is 1. The topological polar surface area (TPSA) is 103 Å². The first-order valence-corrected chi connectivity index (χ1v) is 9.60. The van der Waals surface area contributed by atoms with Gasteiger partial charge in [0, 0.05) is 23.7 Å². The molecule has 1 saturated heterocycles. The lowest BCUT2D eigenvalue weighted by Gasteiger charge is -2.23. The number of amides is 1. The summed E-state index contributed by atoms with van der Waals surface area (Å²) in [6.07, 6.45) is 0.219. The van der Waals surface area contributed by atoms with E-state index in [9.17, 15) is 18.7 Å². The number of aryl methyl sites for hydroxylation is 1. The van der Waals surface area contributed by atoms with Crippen LogP contribution in [0.1, 0.15) is 16.5 Å². The number of hydrogen-bond donors (Lipinski definition) is 3. The molecule has 2 aliphatic heterocycles. The average molecular weight is 353 g/mol. The highest BCUT2D eigenvalue weighted by Gasteiger charge is 2.87. The molecule has 0 radical (unpaired) electrons. The number of nitrogens with zero attached hydrogens (tertiary/aromatic N) is 2. The third-order valence-electron chi connectivity index (χ3n) is 4.65. The molecule has 1 aromatic carbocycles. The van der Waals surface area contributed by atoms with Gasteiger partial charge in [0.1, 0.15) is 6.10 Å². The number of nitrogens with one attached hydrogen (secondary N) is 1. The molecule has 2 unspecified atom stereocenters. The normalized spacial score (nSPS) is 33.8. The number of thiazole rings is 1. The van der Waals surface area contributed by atoms with Crippen LogP contribution in [-0.4, -0.2) is 41.0 Å². The highest BCUT2D eigenvalue weighted by Crippen LogP contribution is 2.74. The number of rotatable bonds is 2. The zero-order chi connectivity index (χ0) is 16.6. The van der Waals surface area contributed by atoms with Gasteiger partial charge in [0.25, 0.3) is 10.8 Å². The van der Waals surface area contributed by atoms with E-state index in [0.29, 0.717) is 10.7 Å². The molecule has 2 aromatic rings. The predicted molar refractivity (Wildman–Crippen MR) is 86.4 cm³/mol. The minimum atomic E-state index is -4.62. The molecule has 1 fully saturated rings. The van der Waals surface area contributed by atoms with Crippen LogP contribution >= 0.6 is 11.3 Å². The Labute approximate surface area is 136 Å². The van der Waals surface area contributed by atoms with E-state index in [1.165, 1.54) is 24.5 Å². The first-order chi connectivity index (χ1) is 10.7. The van der Waals surface area contributed by atoms with E-state index in [4.69, 9.17) is 0 Å². The molecule has 2 aliphatic rings. The molecule has 0 saturated carbocycles. The Kier molecular flexibility index (Phi) is 2.63. The van der Waals surface area contributed by atoms with Crippen LogP contribution in [0.15, 0.2) is 35.4 Å². The SMILES string of the molecule is Cc1cnc(NC(=O)[C@]23C(O)c4ccccc4S2(=O)(O)N3C)s1. The van der Waals surface area contributed by atoms with Crippen LogP contribution in [0.4, 0.5) is 5.13 Å². The molecular formula is C14H15N3O4S2. The van der Waals surface area contributed by atoms with Crippen molar-refractivity contribution in [3.8, 4) is 0 Å². The van der Waals surface area contributed by atoms with Crippen molar-refractivity contribution < 1.29 is 18.7 Å². The second-order valence-electron chi connectivity index (χ2n) is 5.73. The number of anilines is 1. The minimum Gasteiger partial charge on any atom is -0.384 e. The van der Waals surface area contributed by atoms with Crippen LogP contribution in [-0.2, 0) is 14.3 Å². The van der Waals surface area contributed by atoms with Crippen molar-refractivity contribution >= 4 is 31.9 Å². The van der Waals surface area contributed by atoms with Crippen molar-refractivity contribution in [1.29, 1.82) is 0 Å². The summed E-state index contributed by atoms with van der Waals surface area (Å²) in [6, 6.07) is 6.34. The van der Waals surface area contributed by atoms with Crippen LogP contribution in [0, 0.1) is 6.92 Å². The van der Waals surface area contributed by atoms with Gasteiger partial charge in [-0.05, 0) is 13.0 Å². The van der Waals surface area contributed by atoms with Crippen molar-refractivity contribution in [2.75, 3.05) is 12.4 Å². The zero-order valence-corrected chi connectivity index (χ0v) is 14.0. The van der Waals surface area contributed by atoms with Gasteiger partial charge in [-0.2, -0.15) is 8.51 Å². The van der Waals surface area contributed by atoms with Crippen molar-refractivity contribution in [2.45, 2.75) is 22.8 Å². The summed E-state index contributed by atoms with van der Waals surface area (Å²) < 4.78 is 25.5. The molecule has 9 heteroatoms. The summed E-state index contributed by atoms with van der Waals surface area (Å²) in [5.74, 6) is -0.724. The number of benzene rings is 1. The van der Waals surface area contributed by atoms with Gasteiger partial charge in [-0.25, -0.2) is 4.98 Å². The lowest BCUT2D eigenvalue weighted by Crippen LogP contribution is -2.41. The van der Waals surface area contributed by atoms with Crippen molar-refractivity contribution in [2.24, 2.45) is 0 Å². The lowest BCUT2D eigenvalue weighted by atomic mass is 10.0. The molecule has 0 bridgehead atoms. The highest BCUT2D eigenvalue weighted by molar-refractivity contribution is 8.21. The number of carbonyl (C=O) groups excluding carboxylic acids is 1. The highest BCUT2D eigenvalue weighted by atomic mass is 32.3. The van der Waals surface area contributed by atoms with Gasteiger partial charge in [0.05, 0.1) is 4.90 Å². The summed E-state index contributed by atoms with van der Waals surface area (Å²) in [6.45, 7) is 1.84. The first kappa shape index (κ1) is 14.9. The van der Waals surface area contributed by atoms with Gasteiger partial charge >= 0.3 is 0 Å². The van der Waals surface area contributed by atoms with E-state index in [1.54, 1.807) is 24.4 Å². The molecule has 7 nitrogen and oxygen atoms in total. The van der Waals surface area contributed by atoms with E-state index in [1.807, 2.05) is 6.92 Å². The fraction of sp³-hybridized carbons (Fsp3) is 0.286. The van der Waals surface area contributed by atoms with E-state index in [-0.39, 0.29) is 4.90 Å². The Balaban J connectivity index is 1.83. The minimum absolute atomic E-state index is 0.116. The number of carbonyl (C=O) groups is 1. The summed E-state index contributed by atoms with van der Waals surface area (Å²) >= 11 is 1.26. The maximum absolute atomic E-state index is 13.4. The average Bonchev–Trinajstić information content (AvgIpc) is 2.78. The van der Waals surface area contributed by atoms with E-state index < -0.39 is 26.4 Å². The third kappa shape index (κ3) is 1.38. The fourth-order valence-corrected chi connectivity index (χ4v) is 8.08. The lowest BCUT2D eigenvalue weighted by molar-refractivity contribution is -0.122. The summed E-state index contributed by atoms with van der Waals surface area (Å²) in [5.41, 5.74) is 0.315. The van der Waals surface area contributed by atoms with Crippen molar-refractivity contribution in [3.63, 3.8) is 0 Å². The number of aliphatic hydroxyl groups is 1. The van der Waals surface area contributed by atoms with Crippen LogP contribution in [0.25, 0.3) is 0 Å². The number of likely N-dealkylation sites (N-methyl/N-ethyl adjacent to an activating group) is 1. The number of fused-ring (bicyclic) bond motifs is 3. The maximum Gasteiger partial charge on any atom is 0.272 e. The molecule has 3 atom stereocenters. The van der Waals surface area contributed by atoms with Crippen LogP contribution < -0.4 is 5.32 Å². The molecule has 4 rings (SSSR count). The van der Waals surface area contributed by atoms with Gasteiger partial charge in [0.15, 0.2) is 5.13 Å². The molecular weight excluding hydrogens is 338 g/mol. The summed E-state index contributed by atoms with van der Waals surface area (Å²) in [7, 11) is -3.24. The standard InChI is InChI=1S/C14H15N3O4S2/c1-8-7-15-13(22-8)16-12(19)14-11(18)9-5-3-4-6-10(9)23(14,20,21)17(14)2/h3-7,11,18H,1-2H3,(H,20,21)(H,15,16,19)/t11?,14-,17?/m0/s1. The maximum atomic E-state index is 13.4. The van der Waals surface area contributed by atoms with Gasteiger partial charge in [-0.3, -0.25) is 14.7 Å². The Morgan fingerprint density at radius 2 is 2.17 bits per heavy atom. The van der Waals surface area contributed by atoms with E-state index in [0.717, 1.165) is 9.18 Å². The Hall–Kier alpha value is -1.65. The quantitative estimate of drug-likeness (QED) is 0.707. The molecule has 3 heterocycles. The zero-order valence-electron chi connectivity index (χ0n) is 12.4. The molecule has 122 valence electrons. The molecule has 0 spiro atoms. The van der Waals surface area contributed by atoms with E-state index in [2.05, 4.69) is 10.3 Å². The fourth-order valence-electron chi connectivity index (χ4n) is 3.47. The molecule has 23 heavy (non-hydrogen) atoms. The van der Waals surface area contributed by atoms with Gasteiger partial charge < -0.3 is 5.11 Å². The predicted octanol–water partition coefficient (Wildman–Crippen LogP) is 1.35. The van der Waals surface area contributed by atoms with Crippen LogP contribution in [0.2, 0.25) is 0 Å². The molecule has 3 N–H and O–H groups in total. The smallest absolute Gasteiger partial charge is 0.272 e. The molecule has 1 aromatic heterocycles. The molecule has 0 aliphatic carbocycles. The Bertz CT molecular complexity index is 926. The van der Waals surface area contributed by atoms with Crippen molar-refractivity contribution in [3.05, 3.63) is 40.9 Å². The van der Waals surface area contributed by atoms with Crippen LogP contribution in [0.5, 0.6) is 0 Å². The largest absolute Gasteiger partial charge is 0.384 e. The Morgan fingerprint density at radius 3 is 2.83 bits per heavy atom. The Morgan fingerprint density at radius 1 is 1.48 bits per heavy atom. The first-order valence-electron chi connectivity index (χ1n) is 6.91. The third-order valence-corrected chi connectivity index (χ3v) is 9.58.